The van der Waals surface area contributed by atoms with Crippen LogP contribution in [0.1, 0.15) is 46.5 Å². The number of hydrogen-bond donors (Lipinski definition) is 3. The maximum absolute atomic E-state index is 13.2. The van der Waals surface area contributed by atoms with E-state index in [0.717, 1.165) is 47.3 Å². The Hall–Kier alpha value is -2.67. The average Bonchev–Trinajstić information content (AvgIpc) is 3.04. The number of carboxylic acids is 1. The molecule has 2 atom stereocenters. The fourth-order valence-electron chi connectivity index (χ4n) is 5.31. The summed E-state index contributed by atoms with van der Waals surface area (Å²) in [5, 5.41) is 13.1. The molecule has 6 nitrogen and oxygen atoms in total. The van der Waals surface area contributed by atoms with Crippen molar-refractivity contribution < 1.29 is 19.5 Å². The van der Waals surface area contributed by atoms with Crippen molar-refractivity contribution >= 4 is 34.1 Å². The molecular weight excluding hydrogens is 400 g/mol. The summed E-state index contributed by atoms with van der Waals surface area (Å²) in [6, 6.07) is 7.79. The van der Waals surface area contributed by atoms with E-state index < -0.39 is 23.7 Å². The van der Waals surface area contributed by atoms with Crippen molar-refractivity contribution in [3.05, 3.63) is 40.3 Å². The Bertz CT molecular complexity index is 1000. The van der Waals surface area contributed by atoms with Crippen molar-refractivity contribution in [2.75, 3.05) is 5.32 Å². The molecule has 5 rings (SSSR count). The largest absolute Gasteiger partial charge is 0.481 e. The van der Waals surface area contributed by atoms with Crippen LogP contribution in [0.4, 0.5) is 5.00 Å². The lowest BCUT2D eigenvalue weighted by molar-refractivity contribution is -0.156. The molecule has 2 amide bonds. The average molecular weight is 427 g/mol. The molecule has 3 aliphatic rings. The second-order valence-electron chi connectivity index (χ2n) is 8.52. The second-order valence-corrected chi connectivity index (χ2v) is 9.75. The van der Waals surface area contributed by atoms with Gasteiger partial charge in [0.15, 0.2) is 0 Å². The number of anilines is 1. The molecule has 0 saturated heterocycles. The van der Waals surface area contributed by atoms with Gasteiger partial charge in [0, 0.05) is 10.4 Å². The number of benzene rings is 1. The molecule has 30 heavy (non-hydrogen) atoms. The Kier molecular flexibility index (Phi) is 5.40. The Morgan fingerprint density at radius 3 is 2.10 bits per heavy atom. The topological polar surface area (TPSA) is 109 Å². The summed E-state index contributed by atoms with van der Waals surface area (Å²) in [5.74, 6) is -2.92. The standard InChI is InChI=1S/C23H26N2O4S/c1-11-3-5-13(6-4-11)16-12(2)30-22(19(16)20(24)26)25-21(27)17-14-7-9-15(10-8-14)18(17)23(28)29/h3-6,14-15,17-18H,7-10H2,1-2H3,(H2,24,26)(H,25,27)(H,28,29)/t14?,15?,17-,18+/m1/s1. The summed E-state index contributed by atoms with van der Waals surface area (Å²) < 4.78 is 0. The minimum atomic E-state index is -0.901. The number of carbonyl (C=O) groups is 3. The number of carboxylic acid groups (broad SMARTS) is 1. The van der Waals surface area contributed by atoms with E-state index in [9.17, 15) is 19.5 Å². The highest BCUT2D eigenvalue weighted by atomic mass is 32.1. The van der Waals surface area contributed by atoms with Gasteiger partial charge in [-0.25, -0.2) is 0 Å². The first-order chi connectivity index (χ1) is 14.3. The van der Waals surface area contributed by atoms with Crippen LogP contribution in [0.5, 0.6) is 0 Å². The quantitative estimate of drug-likeness (QED) is 0.665. The summed E-state index contributed by atoms with van der Waals surface area (Å²) in [7, 11) is 0. The van der Waals surface area contributed by atoms with Gasteiger partial charge in [0.2, 0.25) is 5.91 Å². The lowest BCUT2D eigenvalue weighted by Gasteiger charge is -2.45. The zero-order valence-corrected chi connectivity index (χ0v) is 17.9. The first kappa shape index (κ1) is 20.6. The number of primary amides is 1. The predicted molar refractivity (Wildman–Crippen MR) is 116 cm³/mol. The zero-order valence-electron chi connectivity index (χ0n) is 17.1. The molecular formula is C23H26N2O4S. The molecule has 1 heterocycles. The second kappa shape index (κ2) is 7.87. The van der Waals surface area contributed by atoms with E-state index in [0.29, 0.717) is 10.6 Å². The van der Waals surface area contributed by atoms with Gasteiger partial charge < -0.3 is 16.2 Å². The highest BCUT2D eigenvalue weighted by molar-refractivity contribution is 7.17. The molecule has 3 fully saturated rings. The number of nitrogens with two attached hydrogens (primary N) is 1. The van der Waals surface area contributed by atoms with E-state index in [2.05, 4.69) is 5.32 Å². The smallest absolute Gasteiger partial charge is 0.307 e. The molecule has 158 valence electrons. The van der Waals surface area contributed by atoms with Crippen molar-refractivity contribution in [3.8, 4) is 11.1 Å². The van der Waals surface area contributed by atoms with Crippen LogP contribution in [-0.4, -0.2) is 22.9 Å². The van der Waals surface area contributed by atoms with Gasteiger partial charge in [-0.05, 0) is 56.9 Å². The van der Waals surface area contributed by atoms with Crippen molar-refractivity contribution in [2.24, 2.45) is 29.4 Å². The third-order valence-electron chi connectivity index (χ3n) is 6.71. The fraction of sp³-hybridized carbons (Fsp3) is 0.435. The maximum atomic E-state index is 13.2. The highest BCUT2D eigenvalue weighted by Crippen LogP contribution is 2.50. The van der Waals surface area contributed by atoms with Crippen LogP contribution in [0, 0.1) is 37.5 Å². The number of aryl methyl sites for hydroxylation is 2. The molecule has 3 aliphatic carbocycles. The normalized spacial score (nSPS) is 25.1. The Balaban J connectivity index is 1.68. The predicted octanol–water partition coefficient (Wildman–Crippen LogP) is 4.21. The number of aliphatic carboxylic acids is 1. The van der Waals surface area contributed by atoms with E-state index in [-0.39, 0.29) is 17.7 Å². The number of rotatable bonds is 5. The Morgan fingerprint density at radius 2 is 1.57 bits per heavy atom. The van der Waals surface area contributed by atoms with Gasteiger partial charge in [-0.3, -0.25) is 14.4 Å². The van der Waals surface area contributed by atoms with Gasteiger partial charge in [0.05, 0.1) is 17.4 Å². The van der Waals surface area contributed by atoms with E-state index in [1.165, 1.54) is 11.3 Å². The molecule has 4 N–H and O–H groups in total. The maximum Gasteiger partial charge on any atom is 0.307 e. The number of fused-ring (bicyclic) bond motifs is 3. The number of thiophene rings is 1. The van der Waals surface area contributed by atoms with E-state index in [1.54, 1.807) is 0 Å². The number of hydrogen-bond acceptors (Lipinski definition) is 4. The van der Waals surface area contributed by atoms with E-state index >= 15 is 0 Å². The van der Waals surface area contributed by atoms with Crippen LogP contribution in [0.15, 0.2) is 24.3 Å². The van der Waals surface area contributed by atoms with Gasteiger partial charge in [-0.2, -0.15) is 0 Å². The van der Waals surface area contributed by atoms with Crippen molar-refractivity contribution in [1.29, 1.82) is 0 Å². The Morgan fingerprint density at radius 1 is 1.00 bits per heavy atom. The summed E-state index contributed by atoms with van der Waals surface area (Å²) in [6.07, 6.45) is 3.50. The van der Waals surface area contributed by atoms with E-state index in [1.807, 2.05) is 38.1 Å². The lowest BCUT2D eigenvalue weighted by Crippen LogP contribution is -2.49. The van der Waals surface area contributed by atoms with Crippen molar-refractivity contribution in [2.45, 2.75) is 39.5 Å². The molecule has 2 aromatic rings. The summed E-state index contributed by atoms with van der Waals surface area (Å²) in [5.41, 5.74) is 8.70. The third-order valence-corrected chi connectivity index (χ3v) is 7.74. The molecule has 0 aliphatic heterocycles. The third kappa shape index (κ3) is 3.51. The zero-order chi connectivity index (χ0) is 21.6. The minimum absolute atomic E-state index is 0.0482. The van der Waals surface area contributed by atoms with Crippen molar-refractivity contribution in [3.63, 3.8) is 0 Å². The SMILES string of the molecule is Cc1ccc(-c2c(C)sc(NC(=O)[C@@H]3C4CCC(CC4)[C@@H]3C(=O)O)c2C(N)=O)cc1. The monoisotopic (exact) mass is 426 g/mol. The first-order valence-electron chi connectivity index (χ1n) is 10.3. The molecule has 3 saturated carbocycles. The summed E-state index contributed by atoms with van der Waals surface area (Å²) in [4.78, 5) is 38.4. The number of amides is 2. The minimum Gasteiger partial charge on any atom is -0.481 e. The lowest BCUT2D eigenvalue weighted by atomic mass is 9.58. The molecule has 0 radical (unpaired) electrons. The molecule has 0 spiro atoms. The van der Waals surface area contributed by atoms with Gasteiger partial charge in [-0.15, -0.1) is 11.3 Å². The van der Waals surface area contributed by atoms with Crippen molar-refractivity contribution in [1.82, 2.24) is 0 Å². The summed E-state index contributed by atoms with van der Waals surface area (Å²) in [6.45, 7) is 3.88. The van der Waals surface area contributed by atoms with Gasteiger partial charge in [0.25, 0.3) is 5.91 Å². The van der Waals surface area contributed by atoms with Gasteiger partial charge in [-0.1, -0.05) is 29.8 Å². The molecule has 1 aromatic heterocycles. The number of carbonyl (C=O) groups excluding carboxylic acids is 2. The van der Waals surface area contributed by atoms with Crippen LogP contribution < -0.4 is 11.1 Å². The van der Waals surface area contributed by atoms with Crippen LogP contribution >= 0.6 is 11.3 Å². The van der Waals surface area contributed by atoms with E-state index in [4.69, 9.17) is 5.73 Å². The highest BCUT2D eigenvalue weighted by Gasteiger charge is 2.50. The van der Waals surface area contributed by atoms with Crippen LogP contribution in [0.2, 0.25) is 0 Å². The first-order valence-corrected chi connectivity index (χ1v) is 11.1. The molecule has 7 heteroatoms. The van der Waals surface area contributed by atoms with Gasteiger partial charge in [0.1, 0.15) is 5.00 Å². The van der Waals surface area contributed by atoms with Crippen LogP contribution in [0.25, 0.3) is 11.1 Å². The van der Waals surface area contributed by atoms with Crippen LogP contribution in [-0.2, 0) is 9.59 Å². The fourth-order valence-corrected chi connectivity index (χ4v) is 6.40. The van der Waals surface area contributed by atoms with Crippen LogP contribution in [0.3, 0.4) is 0 Å². The summed E-state index contributed by atoms with van der Waals surface area (Å²) >= 11 is 1.31. The molecule has 1 aromatic carbocycles. The number of nitrogens with one attached hydrogen (secondary N) is 1. The molecule has 0 unspecified atom stereocenters. The Labute approximate surface area is 179 Å². The molecule has 2 bridgehead atoms. The van der Waals surface area contributed by atoms with Gasteiger partial charge >= 0.3 is 5.97 Å².